The summed E-state index contributed by atoms with van der Waals surface area (Å²) < 4.78 is 23.7. The zero-order valence-corrected chi connectivity index (χ0v) is 28.4. The van der Waals surface area contributed by atoms with E-state index in [9.17, 15) is 24.9 Å². The first-order valence-electron chi connectivity index (χ1n) is 16.9. The smallest absolute Gasteiger partial charge is 0.338 e. The highest BCUT2D eigenvalue weighted by molar-refractivity contribution is 5.90. The molecule has 12 nitrogen and oxygen atoms in total. The molecule has 1 aliphatic heterocycles. The van der Waals surface area contributed by atoms with Crippen molar-refractivity contribution in [3.05, 3.63) is 190 Å². The predicted octanol–water partition coefficient (Wildman–Crippen LogP) is 5.57. The van der Waals surface area contributed by atoms with Crippen molar-refractivity contribution in [3.63, 3.8) is 0 Å². The summed E-state index contributed by atoms with van der Waals surface area (Å²) in [7, 11) is 0. The predicted molar refractivity (Wildman–Crippen MR) is 192 cm³/mol. The number of hydrogen-bond acceptors (Lipinski definition) is 10. The molecule has 12 heteroatoms. The Kier molecular flexibility index (Phi) is 11.6. The van der Waals surface area contributed by atoms with Crippen molar-refractivity contribution in [3.8, 4) is 0 Å². The van der Waals surface area contributed by atoms with Gasteiger partial charge in [-0.05, 0) is 46.5 Å². The van der Waals surface area contributed by atoms with Crippen LogP contribution in [0.4, 0.5) is 0 Å². The lowest BCUT2D eigenvalue weighted by Crippen LogP contribution is -2.71. The van der Waals surface area contributed by atoms with Crippen molar-refractivity contribution in [2.45, 2.75) is 41.9 Å². The van der Waals surface area contributed by atoms with Gasteiger partial charge in [-0.1, -0.05) is 133 Å². The molecular weight excluding hydrogens is 678 g/mol. The number of carbonyl (C=O) groups is 2. The van der Waals surface area contributed by atoms with E-state index in [0.29, 0.717) is 16.7 Å². The standard InChI is InChI=1S/C41H37N3O9/c42-44-43-26-27-50-41(49)37(52-39(48)29-18-8-2-9-19-29)33(45)34(51-38(47)28-16-6-1-7-17-28)35(53-41)36(46)40(30-20-10-3-11-21-30,31-22-12-4-13-23-31)32-24-14-5-15-25-32/h1-25,33-37,45-46,49H,26-27H2/t33-,34-,35-,36?,37-,41-/m0/s1. The Morgan fingerprint density at radius 3 is 1.58 bits per heavy atom. The minimum atomic E-state index is -2.97. The van der Waals surface area contributed by atoms with Gasteiger partial charge < -0.3 is 34.3 Å². The van der Waals surface area contributed by atoms with Crippen LogP contribution in [0, 0.1) is 0 Å². The molecule has 3 N–H and O–H groups in total. The normalized spacial score (nSPS) is 21.8. The number of ether oxygens (including phenoxy) is 4. The number of nitrogens with zero attached hydrogens (tertiary/aromatic N) is 3. The van der Waals surface area contributed by atoms with E-state index in [1.807, 2.05) is 54.6 Å². The molecule has 53 heavy (non-hydrogen) atoms. The molecule has 0 spiro atoms. The van der Waals surface area contributed by atoms with E-state index in [1.54, 1.807) is 72.8 Å². The topological polar surface area (TPSA) is 181 Å². The Morgan fingerprint density at radius 1 is 0.736 bits per heavy atom. The maximum absolute atomic E-state index is 13.7. The van der Waals surface area contributed by atoms with Crippen molar-refractivity contribution in [2.75, 3.05) is 13.2 Å². The lowest BCUT2D eigenvalue weighted by Gasteiger charge is -2.51. The molecule has 1 aliphatic rings. The number of azide groups is 1. The van der Waals surface area contributed by atoms with Gasteiger partial charge in [0.2, 0.25) is 6.10 Å². The Bertz CT molecular complexity index is 1900. The number of rotatable bonds is 13. The molecule has 1 saturated heterocycles. The average molecular weight is 716 g/mol. The van der Waals surface area contributed by atoms with Crippen LogP contribution < -0.4 is 0 Å². The Hall–Kier alpha value is -5.85. The summed E-state index contributed by atoms with van der Waals surface area (Å²) >= 11 is 0. The van der Waals surface area contributed by atoms with E-state index >= 15 is 0 Å². The molecule has 6 atom stereocenters. The van der Waals surface area contributed by atoms with Crippen LogP contribution in [-0.4, -0.2) is 76.9 Å². The van der Waals surface area contributed by atoms with E-state index < -0.39 is 60.5 Å². The molecule has 0 aliphatic carbocycles. The minimum Gasteiger partial charge on any atom is -0.453 e. The average Bonchev–Trinajstić information content (AvgIpc) is 3.21. The van der Waals surface area contributed by atoms with Crippen LogP contribution >= 0.6 is 0 Å². The molecule has 1 heterocycles. The van der Waals surface area contributed by atoms with Crippen LogP contribution in [0.15, 0.2) is 157 Å². The third kappa shape index (κ3) is 7.69. The van der Waals surface area contributed by atoms with E-state index in [0.717, 1.165) is 0 Å². The van der Waals surface area contributed by atoms with Gasteiger partial charge in [-0.15, -0.1) is 0 Å². The lowest BCUT2D eigenvalue weighted by molar-refractivity contribution is -0.451. The van der Waals surface area contributed by atoms with E-state index in [-0.39, 0.29) is 17.7 Å². The van der Waals surface area contributed by atoms with Gasteiger partial charge in [0.1, 0.15) is 18.3 Å². The fourth-order valence-corrected chi connectivity index (χ4v) is 6.72. The number of hydrogen-bond donors (Lipinski definition) is 3. The first-order chi connectivity index (χ1) is 25.8. The molecule has 1 fully saturated rings. The molecule has 0 amide bonds. The van der Waals surface area contributed by atoms with Crippen molar-refractivity contribution in [1.82, 2.24) is 0 Å². The Morgan fingerprint density at radius 2 is 1.15 bits per heavy atom. The Balaban J connectivity index is 1.53. The minimum absolute atomic E-state index is 0.0763. The fourth-order valence-electron chi connectivity index (χ4n) is 6.72. The van der Waals surface area contributed by atoms with Crippen molar-refractivity contribution in [1.29, 1.82) is 0 Å². The van der Waals surface area contributed by atoms with Crippen LogP contribution in [-0.2, 0) is 24.4 Å². The number of esters is 2. The fraction of sp³-hybridized carbons (Fsp3) is 0.220. The zero-order valence-electron chi connectivity index (χ0n) is 28.4. The van der Waals surface area contributed by atoms with Gasteiger partial charge in [-0.25, -0.2) is 9.59 Å². The second-order valence-corrected chi connectivity index (χ2v) is 12.3. The maximum Gasteiger partial charge on any atom is 0.338 e. The molecular formula is C41H37N3O9. The monoisotopic (exact) mass is 715 g/mol. The molecule has 1 unspecified atom stereocenters. The lowest BCUT2D eigenvalue weighted by atomic mass is 9.63. The van der Waals surface area contributed by atoms with E-state index in [4.69, 9.17) is 24.5 Å². The highest BCUT2D eigenvalue weighted by atomic mass is 16.8. The number of carbonyl (C=O) groups excluding carboxylic acids is 2. The summed E-state index contributed by atoms with van der Waals surface area (Å²) in [5, 5.41) is 40.9. The highest BCUT2D eigenvalue weighted by Gasteiger charge is 2.63. The van der Waals surface area contributed by atoms with Gasteiger partial charge in [-0.2, -0.15) is 0 Å². The van der Waals surface area contributed by atoms with Gasteiger partial charge in [0.15, 0.2) is 6.10 Å². The van der Waals surface area contributed by atoms with Crippen LogP contribution in [0.25, 0.3) is 10.4 Å². The summed E-state index contributed by atoms with van der Waals surface area (Å²) in [6.07, 6.45) is -9.39. The van der Waals surface area contributed by atoms with E-state index in [2.05, 4.69) is 10.0 Å². The third-order valence-electron chi connectivity index (χ3n) is 9.14. The Labute approximate surface area is 305 Å². The van der Waals surface area contributed by atoms with Crippen LogP contribution in [0.1, 0.15) is 37.4 Å². The maximum atomic E-state index is 13.7. The second-order valence-electron chi connectivity index (χ2n) is 12.3. The summed E-state index contributed by atoms with van der Waals surface area (Å²) in [5.41, 5.74) is 9.37. The highest BCUT2D eigenvalue weighted by Crippen LogP contribution is 2.47. The first-order valence-corrected chi connectivity index (χ1v) is 16.9. The number of benzene rings is 5. The van der Waals surface area contributed by atoms with Gasteiger partial charge in [0.05, 0.1) is 23.1 Å². The van der Waals surface area contributed by atoms with Gasteiger partial charge in [0, 0.05) is 11.5 Å². The number of aliphatic hydroxyl groups is 3. The van der Waals surface area contributed by atoms with Crippen LogP contribution in [0.3, 0.4) is 0 Å². The molecule has 0 saturated carbocycles. The second kappa shape index (κ2) is 16.7. The molecule has 5 aromatic carbocycles. The summed E-state index contributed by atoms with van der Waals surface area (Å²) in [6.45, 7) is -0.732. The van der Waals surface area contributed by atoms with Crippen molar-refractivity contribution >= 4 is 11.9 Å². The molecule has 270 valence electrons. The molecule has 0 aromatic heterocycles. The summed E-state index contributed by atoms with van der Waals surface area (Å²) in [5.74, 6) is -4.82. The molecule has 0 bridgehead atoms. The van der Waals surface area contributed by atoms with E-state index in [1.165, 1.54) is 24.3 Å². The van der Waals surface area contributed by atoms with Gasteiger partial charge >= 0.3 is 17.9 Å². The quantitative estimate of drug-likeness (QED) is 0.0267. The molecule has 6 rings (SSSR count). The number of aliphatic hydroxyl groups excluding tert-OH is 2. The summed E-state index contributed by atoms with van der Waals surface area (Å²) in [6, 6.07) is 43.0. The summed E-state index contributed by atoms with van der Waals surface area (Å²) in [4.78, 5) is 29.8. The van der Waals surface area contributed by atoms with Gasteiger partial charge in [0.25, 0.3) is 0 Å². The third-order valence-corrected chi connectivity index (χ3v) is 9.14. The van der Waals surface area contributed by atoms with Crippen LogP contribution in [0.2, 0.25) is 0 Å². The SMILES string of the molecule is [N-]=[N+]=NCCO[C@]1(O)O[C@H](C(O)C(c2ccccc2)(c2ccccc2)c2ccccc2)[C@@H](OC(=O)c2ccccc2)[C@H](O)[C@@H]1OC(=O)c1ccccc1. The largest absolute Gasteiger partial charge is 0.453 e. The molecule has 5 aromatic rings. The first kappa shape index (κ1) is 36.9. The van der Waals surface area contributed by atoms with Crippen molar-refractivity contribution in [2.24, 2.45) is 5.11 Å². The van der Waals surface area contributed by atoms with Crippen molar-refractivity contribution < 1.29 is 43.9 Å². The zero-order chi connectivity index (χ0) is 37.3. The molecule has 0 radical (unpaired) electrons. The van der Waals surface area contributed by atoms with Gasteiger partial charge in [-0.3, -0.25) is 0 Å². The van der Waals surface area contributed by atoms with Crippen LogP contribution in [0.5, 0.6) is 0 Å².